The topological polar surface area (TPSA) is 47.0 Å². The van der Waals surface area contributed by atoms with Crippen molar-refractivity contribution in [2.24, 2.45) is 0 Å². The lowest BCUT2D eigenvalue weighted by molar-refractivity contribution is 0.339. The zero-order valence-electron chi connectivity index (χ0n) is 11.9. The van der Waals surface area contributed by atoms with Gasteiger partial charge in [0.05, 0.1) is 11.6 Å². The number of nitrogens with one attached hydrogen (secondary N) is 1. The Morgan fingerprint density at radius 2 is 2.15 bits per heavy atom. The molecular weight excluding hydrogens is 250 g/mol. The molecule has 20 heavy (non-hydrogen) atoms. The van der Waals surface area contributed by atoms with Gasteiger partial charge in [-0.1, -0.05) is 25.1 Å². The van der Waals surface area contributed by atoms with Crippen LogP contribution in [0.5, 0.6) is 5.75 Å². The first-order valence-corrected chi connectivity index (χ1v) is 7.05. The van der Waals surface area contributed by atoms with Gasteiger partial charge in [-0.3, -0.25) is 0 Å². The number of hydrogen-bond acceptors (Lipinski definition) is 4. The summed E-state index contributed by atoms with van der Waals surface area (Å²) in [5.41, 5.74) is 3.23. The van der Waals surface area contributed by atoms with E-state index in [-0.39, 0.29) is 5.92 Å². The number of ether oxygens (including phenoxy) is 1. The molecule has 1 aromatic heterocycles. The van der Waals surface area contributed by atoms with Crippen molar-refractivity contribution in [1.82, 2.24) is 15.3 Å². The van der Waals surface area contributed by atoms with Crippen molar-refractivity contribution in [3.63, 3.8) is 0 Å². The summed E-state index contributed by atoms with van der Waals surface area (Å²) in [7, 11) is 0. The molecule has 1 N–H and O–H groups in total. The van der Waals surface area contributed by atoms with E-state index in [0.717, 1.165) is 36.1 Å². The highest BCUT2D eigenvalue weighted by Crippen LogP contribution is 2.36. The predicted octanol–water partition coefficient (Wildman–Crippen LogP) is 2.42. The molecule has 1 aliphatic rings. The van der Waals surface area contributed by atoms with Crippen molar-refractivity contribution in [3.8, 4) is 5.75 Å². The molecule has 0 saturated carbocycles. The second-order valence-electron chi connectivity index (χ2n) is 5.04. The minimum atomic E-state index is 0.145. The molecule has 1 unspecified atom stereocenters. The minimum absolute atomic E-state index is 0.145. The van der Waals surface area contributed by atoms with Crippen LogP contribution in [0, 0.1) is 6.92 Å². The molecule has 0 radical (unpaired) electrons. The molecule has 0 bridgehead atoms. The second kappa shape index (κ2) is 5.59. The zero-order chi connectivity index (χ0) is 13.9. The Bertz CT molecular complexity index is 612. The molecule has 3 rings (SSSR count). The molecule has 1 atom stereocenters. The quantitative estimate of drug-likeness (QED) is 0.926. The van der Waals surface area contributed by atoms with Crippen LogP contribution in [0.15, 0.2) is 30.3 Å². The van der Waals surface area contributed by atoms with Gasteiger partial charge >= 0.3 is 0 Å². The molecular formula is C16H19N3O. The molecule has 0 amide bonds. The van der Waals surface area contributed by atoms with Gasteiger partial charge in [0.1, 0.15) is 18.2 Å². The normalized spacial score (nSPS) is 16.8. The SMILES string of the molecule is CCNCc1cc(C)nc(C2COc3ccccc32)n1. The lowest BCUT2D eigenvalue weighted by atomic mass is 10.0. The summed E-state index contributed by atoms with van der Waals surface area (Å²) in [6.07, 6.45) is 0. The Morgan fingerprint density at radius 1 is 1.30 bits per heavy atom. The molecule has 0 spiro atoms. The van der Waals surface area contributed by atoms with Crippen molar-refractivity contribution < 1.29 is 4.74 Å². The van der Waals surface area contributed by atoms with Gasteiger partial charge in [-0.25, -0.2) is 9.97 Å². The maximum atomic E-state index is 5.73. The summed E-state index contributed by atoms with van der Waals surface area (Å²) in [6.45, 7) is 6.46. The Morgan fingerprint density at radius 3 is 3.00 bits per heavy atom. The highest BCUT2D eigenvalue weighted by Gasteiger charge is 2.27. The highest BCUT2D eigenvalue weighted by atomic mass is 16.5. The number of benzene rings is 1. The Hall–Kier alpha value is -1.94. The van der Waals surface area contributed by atoms with E-state index in [9.17, 15) is 0 Å². The number of hydrogen-bond donors (Lipinski definition) is 1. The molecule has 2 heterocycles. The Balaban J connectivity index is 1.93. The second-order valence-corrected chi connectivity index (χ2v) is 5.04. The van der Waals surface area contributed by atoms with E-state index in [1.54, 1.807) is 0 Å². The summed E-state index contributed by atoms with van der Waals surface area (Å²) >= 11 is 0. The van der Waals surface area contributed by atoms with Crippen molar-refractivity contribution >= 4 is 0 Å². The van der Waals surface area contributed by atoms with Crippen molar-refractivity contribution in [1.29, 1.82) is 0 Å². The minimum Gasteiger partial charge on any atom is -0.492 e. The first-order valence-electron chi connectivity index (χ1n) is 7.05. The van der Waals surface area contributed by atoms with Gasteiger partial charge in [-0.15, -0.1) is 0 Å². The summed E-state index contributed by atoms with van der Waals surface area (Å²) in [4.78, 5) is 9.30. The monoisotopic (exact) mass is 269 g/mol. The standard InChI is InChI=1S/C16H19N3O/c1-3-17-9-12-8-11(2)18-16(19-12)14-10-20-15-7-5-4-6-13(14)15/h4-8,14,17H,3,9-10H2,1-2H3. The molecule has 1 aliphatic heterocycles. The van der Waals surface area contributed by atoms with Crippen LogP contribution in [0.1, 0.15) is 35.6 Å². The van der Waals surface area contributed by atoms with Gasteiger partial charge in [-0.05, 0) is 25.6 Å². The first kappa shape index (κ1) is 13.1. The highest BCUT2D eigenvalue weighted by molar-refractivity contribution is 5.42. The van der Waals surface area contributed by atoms with Crippen LogP contribution in [0.2, 0.25) is 0 Å². The van der Waals surface area contributed by atoms with Crippen molar-refractivity contribution in [2.45, 2.75) is 26.3 Å². The number of para-hydroxylation sites is 1. The third kappa shape index (κ3) is 2.51. The van der Waals surface area contributed by atoms with Gasteiger partial charge in [0.15, 0.2) is 0 Å². The molecule has 0 saturated heterocycles. The molecule has 2 aromatic rings. The van der Waals surface area contributed by atoms with E-state index in [0.29, 0.717) is 6.61 Å². The Kier molecular flexibility index (Phi) is 3.65. The first-order chi connectivity index (χ1) is 9.78. The lowest BCUT2D eigenvalue weighted by Gasteiger charge is -2.11. The van der Waals surface area contributed by atoms with Crippen LogP contribution in [0.25, 0.3) is 0 Å². The van der Waals surface area contributed by atoms with Gasteiger partial charge < -0.3 is 10.1 Å². The number of aryl methyl sites for hydroxylation is 1. The van der Waals surface area contributed by atoms with Crippen LogP contribution in [-0.2, 0) is 6.54 Å². The summed E-state index contributed by atoms with van der Waals surface area (Å²) in [5.74, 6) is 1.96. The lowest BCUT2D eigenvalue weighted by Crippen LogP contribution is -2.16. The van der Waals surface area contributed by atoms with Gasteiger partial charge in [0.25, 0.3) is 0 Å². The van der Waals surface area contributed by atoms with Gasteiger partial charge in [0, 0.05) is 17.8 Å². The molecule has 104 valence electrons. The van der Waals surface area contributed by atoms with E-state index < -0.39 is 0 Å². The van der Waals surface area contributed by atoms with E-state index in [1.807, 2.05) is 31.2 Å². The van der Waals surface area contributed by atoms with Crippen LogP contribution in [0.4, 0.5) is 0 Å². The number of aromatic nitrogens is 2. The predicted molar refractivity (Wildman–Crippen MR) is 77.9 cm³/mol. The smallest absolute Gasteiger partial charge is 0.139 e. The fourth-order valence-corrected chi connectivity index (χ4v) is 2.53. The van der Waals surface area contributed by atoms with Gasteiger partial charge in [-0.2, -0.15) is 0 Å². The van der Waals surface area contributed by atoms with Crippen LogP contribution < -0.4 is 10.1 Å². The molecule has 1 aromatic carbocycles. The van der Waals surface area contributed by atoms with Gasteiger partial charge in [0.2, 0.25) is 0 Å². The summed E-state index contributed by atoms with van der Waals surface area (Å²) in [5, 5.41) is 3.31. The van der Waals surface area contributed by atoms with E-state index in [4.69, 9.17) is 9.72 Å². The largest absolute Gasteiger partial charge is 0.492 e. The summed E-state index contributed by atoms with van der Waals surface area (Å²) < 4.78 is 5.73. The maximum Gasteiger partial charge on any atom is 0.139 e. The average Bonchev–Trinajstić information content (AvgIpc) is 2.88. The van der Waals surface area contributed by atoms with E-state index >= 15 is 0 Å². The molecule has 0 fully saturated rings. The molecule has 0 aliphatic carbocycles. The van der Waals surface area contributed by atoms with Crippen LogP contribution in [0.3, 0.4) is 0 Å². The van der Waals surface area contributed by atoms with E-state index in [2.05, 4.69) is 23.3 Å². The number of rotatable bonds is 4. The fraction of sp³-hybridized carbons (Fsp3) is 0.375. The Labute approximate surface area is 119 Å². The van der Waals surface area contributed by atoms with Crippen molar-refractivity contribution in [3.05, 3.63) is 53.1 Å². The molecule has 4 nitrogen and oxygen atoms in total. The summed E-state index contributed by atoms with van der Waals surface area (Å²) in [6, 6.07) is 10.2. The average molecular weight is 269 g/mol. The zero-order valence-corrected chi connectivity index (χ0v) is 11.9. The van der Waals surface area contributed by atoms with Crippen LogP contribution in [-0.4, -0.2) is 23.1 Å². The number of nitrogens with zero attached hydrogens (tertiary/aromatic N) is 2. The van der Waals surface area contributed by atoms with Crippen LogP contribution >= 0.6 is 0 Å². The fourth-order valence-electron chi connectivity index (χ4n) is 2.53. The van der Waals surface area contributed by atoms with E-state index in [1.165, 1.54) is 5.56 Å². The molecule has 4 heteroatoms. The number of fused-ring (bicyclic) bond motifs is 1. The maximum absolute atomic E-state index is 5.73. The third-order valence-electron chi connectivity index (χ3n) is 3.49. The van der Waals surface area contributed by atoms with Crippen molar-refractivity contribution in [2.75, 3.05) is 13.2 Å². The third-order valence-corrected chi connectivity index (χ3v) is 3.49.